The quantitative estimate of drug-likeness (QED) is 0.0459. The number of nitrogens with two attached hydrogens (primary N) is 2. The van der Waals surface area contributed by atoms with E-state index in [1.54, 1.807) is 63.8 Å². The summed E-state index contributed by atoms with van der Waals surface area (Å²) >= 11 is 0. The van der Waals surface area contributed by atoms with Gasteiger partial charge in [-0.15, -0.1) is 0 Å². The van der Waals surface area contributed by atoms with E-state index in [1.165, 1.54) is 36.3 Å². The summed E-state index contributed by atoms with van der Waals surface area (Å²) in [6.45, 7) is 8.71. The number of carbonyl (C=O) groups excluding carboxylic acids is 7. The molecule has 0 unspecified atom stereocenters. The van der Waals surface area contributed by atoms with Gasteiger partial charge in [-0.2, -0.15) is 10.2 Å². The van der Waals surface area contributed by atoms with Crippen LogP contribution in [0.1, 0.15) is 79.6 Å². The molecule has 0 atom stereocenters. The third-order valence-electron chi connectivity index (χ3n) is 11.3. The van der Waals surface area contributed by atoms with Crippen molar-refractivity contribution in [2.24, 2.45) is 11.5 Å². The van der Waals surface area contributed by atoms with Gasteiger partial charge < -0.3 is 35.0 Å². The maximum absolute atomic E-state index is 13.8. The van der Waals surface area contributed by atoms with Crippen LogP contribution in [0.15, 0.2) is 60.8 Å². The monoisotopic (exact) mass is 944 g/mol. The van der Waals surface area contributed by atoms with Crippen LogP contribution in [0.25, 0.3) is 22.1 Å². The van der Waals surface area contributed by atoms with Crippen LogP contribution >= 0.6 is 0 Å². The molecule has 0 radical (unpaired) electrons. The largest absolute Gasteiger partial charge is 0.494 e. The summed E-state index contributed by atoms with van der Waals surface area (Å²) in [6.07, 6.45) is 7.83. The van der Waals surface area contributed by atoms with Gasteiger partial charge in [0.1, 0.15) is 28.2 Å². The summed E-state index contributed by atoms with van der Waals surface area (Å²) in [7, 11) is 3.04. The van der Waals surface area contributed by atoms with E-state index in [-0.39, 0.29) is 85.2 Å². The number of aryl methyl sites for hydroxylation is 4. The first-order chi connectivity index (χ1) is 33.0. The molecule has 23 nitrogen and oxygen atoms in total. The lowest BCUT2D eigenvalue weighted by molar-refractivity contribution is -0.138. The zero-order chi connectivity index (χ0) is 49.7. The molecule has 1 aliphatic rings. The number of carbonyl (C=O) groups is 7. The standard InChI is InChI=1S/C46H52N14O9/c1-7-56-25-30(27(4)54-56)43(66)51-45-50-32-22-29(42(48)65)24-35(69-19-11-15-55(5)36(61)14-18-57-37(62)12-13-38(57)63)40(32)59(45)17-10-9-16-58-39-31(21-28(41(47)64)23-34(39)68-6)49-46(58)52-44(67)33-20-26(3)53-60(33)8-2/h9-10,12-13,20-25H,7-8,11,14-19H2,1-6H3,(H2,47,64)(H2,48,65)(H,49,52,67)(H,50,51,66)/b10-9+. The molecular weight excluding hydrogens is 893 g/mol. The Hall–Kier alpha value is -8.63. The zero-order valence-corrected chi connectivity index (χ0v) is 38.9. The van der Waals surface area contributed by atoms with Crippen LogP contribution in [0.3, 0.4) is 0 Å². The number of anilines is 2. The Balaban J connectivity index is 1.20. The van der Waals surface area contributed by atoms with Crippen molar-refractivity contribution in [2.75, 3.05) is 44.5 Å². The molecule has 4 aromatic heterocycles. The number of hydrogen-bond donors (Lipinski definition) is 4. The highest BCUT2D eigenvalue weighted by atomic mass is 16.5. The summed E-state index contributed by atoms with van der Waals surface area (Å²) in [6, 6.07) is 7.63. The summed E-state index contributed by atoms with van der Waals surface area (Å²) in [5.41, 5.74) is 14.9. The molecule has 0 spiro atoms. The van der Waals surface area contributed by atoms with E-state index in [2.05, 4.69) is 25.8 Å². The van der Waals surface area contributed by atoms with Gasteiger partial charge in [0.2, 0.25) is 29.6 Å². The van der Waals surface area contributed by atoms with Crippen LogP contribution < -0.4 is 31.6 Å². The number of rotatable bonds is 21. The van der Waals surface area contributed by atoms with Crippen LogP contribution in [-0.2, 0) is 40.6 Å². The van der Waals surface area contributed by atoms with Gasteiger partial charge in [0, 0.05) is 82.2 Å². The molecule has 0 bridgehead atoms. The van der Waals surface area contributed by atoms with E-state index < -0.39 is 35.4 Å². The second kappa shape index (κ2) is 20.5. The van der Waals surface area contributed by atoms with Crippen molar-refractivity contribution in [3.05, 3.63) is 94.6 Å². The Kier molecular flexibility index (Phi) is 14.3. The molecule has 23 heteroatoms. The second-order valence-electron chi connectivity index (χ2n) is 16.0. The molecule has 7 amide bonds. The molecule has 7 rings (SSSR count). The first kappa shape index (κ1) is 48.3. The van der Waals surface area contributed by atoms with Crippen molar-refractivity contribution in [1.29, 1.82) is 0 Å². The fourth-order valence-corrected chi connectivity index (χ4v) is 7.78. The van der Waals surface area contributed by atoms with Crippen molar-refractivity contribution < 1.29 is 43.0 Å². The summed E-state index contributed by atoms with van der Waals surface area (Å²) in [4.78, 5) is 101. The molecule has 0 saturated carbocycles. The van der Waals surface area contributed by atoms with Gasteiger partial charge in [-0.25, -0.2) is 9.97 Å². The number of amides is 7. The Bertz CT molecular complexity index is 3080. The molecular formula is C46H52N14O9. The minimum Gasteiger partial charge on any atom is -0.494 e. The predicted octanol–water partition coefficient (Wildman–Crippen LogP) is 2.95. The van der Waals surface area contributed by atoms with Gasteiger partial charge in [0.25, 0.3) is 23.6 Å². The maximum atomic E-state index is 13.8. The van der Waals surface area contributed by atoms with Gasteiger partial charge in [-0.1, -0.05) is 12.2 Å². The predicted molar refractivity (Wildman–Crippen MR) is 252 cm³/mol. The highest BCUT2D eigenvalue weighted by Crippen LogP contribution is 2.33. The molecule has 6 aromatic rings. The minimum atomic E-state index is -0.747. The molecule has 2 aromatic carbocycles. The highest BCUT2D eigenvalue weighted by molar-refractivity contribution is 6.13. The fraction of sp³-hybridized carbons (Fsp3) is 0.326. The molecule has 0 saturated heterocycles. The number of ether oxygens (including phenoxy) is 2. The first-order valence-electron chi connectivity index (χ1n) is 22.0. The second-order valence-corrected chi connectivity index (χ2v) is 16.0. The van der Waals surface area contributed by atoms with Gasteiger partial charge in [-0.3, -0.25) is 58.5 Å². The normalized spacial score (nSPS) is 12.5. The van der Waals surface area contributed by atoms with Crippen LogP contribution in [0.5, 0.6) is 11.5 Å². The Morgan fingerprint density at radius 2 is 1.36 bits per heavy atom. The van der Waals surface area contributed by atoms with E-state index in [0.717, 1.165) is 17.1 Å². The number of hydrogen-bond acceptors (Lipinski definition) is 13. The Morgan fingerprint density at radius 3 is 1.91 bits per heavy atom. The number of imide groups is 1. The van der Waals surface area contributed by atoms with Gasteiger partial charge in [-0.05, 0) is 64.4 Å². The van der Waals surface area contributed by atoms with Gasteiger partial charge >= 0.3 is 0 Å². The molecule has 0 fully saturated rings. The number of nitrogens with zero attached hydrogens (tertiary/aromatic N) is 10. The van der Waals surface area contributed by atoms with Crippen molar-refractivity contribution in [2.45, 2.75) is 66.7 Å². The average molecular weight is 945 g/mol. The van der Waals surface area contributed by atoms with Crippen molar-refractivity contribution >= 4 is 75.3 Å². The molecule has 1 aliphatic heterocycles. The number of methoxy groups -OCH3 is 1. The van der Waals surface area contributed by atoms with E-state index in [0.29, 0.717) is 58.7 Å². The van der Waals surface area contributed by atoms with Gasteiger partial charge in [0.15, 0.2) is 0 Å². The lowest BCUT2D eigenvalue weighted by Crippen LogP contribution is -2.36. The minimum absolute atomic E-state index is 0.0470. The number of benzene rings is 2. The zero-order valence-electron chi connectivity index (χ0n) is 38.9. The Morgan fingerprint density at radius 1 is 0.783 bits per heavy atom. The van der Waals surface area contributed by atoms with E-state index in [1.807, 2.05) is 13.8 Å². The van der Waals surface area contributed by atoms with Crippen LogP contribution in [0.2, 0.25) is 0 Å². The number of fused-ring (bicyclic) bond motifs is 2. The van der Waals surface area contributed by atoms with Crippen LogP contribution in [0, 0.1) is 13.8 Å². The van der Waals surface area contributed by atoms with E-state index in [4.69, 9.17) is 25.9 Å². The Labute approximate surface area is 394 Å². The molecule has 0 aliphatic carbocycles. The lowest BCUT2D eigenvalue weighted by Gasteiger charge is -2.19. The van der Waals surface area contributed by atoms with E-state index in [9.17, 15) is 33.6 Å². The maximum Gasteiger partial charge on any atom is 0.276 e. The number of nitrogens with one attached hydrogen (secondary N) is 2. The molecule has 5 heterocycles. The number of primary amides is 2. The topological polar surface area (TPSA) is 292 Å². The smallest absolute Gasteiger partial charge is 0.276 e. The number of allylic oxidation sites excluding steroid dienone is 2. The van der Waals surface area contributed by atoms with Gasteiger partial charge in [0.05, 0.1) is 41.7 Å². The molecule has 360 valence electrons. The fourth-order valence-electron chi connectivity index (χ4n) is 7.78. The highest BCUT2D eigenvalue weighted by Gasteiger charge is 2.26. The van der Waals surface area contributed by atoms with Crippen LogP contribution in [-0.4, -0.2) is 124 Å². The van der Waals surface area contributed by atoms with Crippen molar-refractivity contribution in [3.8, 4) is 11.5 Å². The summed E-state index contributed by atoms with van der Waals surface area (Å²) < 4.78 is 18.6. The molecule has 69 heavy (non-hydrogen) atoms. The number of imidazole rings is 2. The summed E-state index contributed by atoms with van der Waals surface area (Å²) in [5, 5.41) is 14.6. The van der Waals surface area contributed by atoms with E-state index >= 15 is 0 Å². The van der Waals surface area contributed by atoms with Crippen molar-refractivity contribution in [3.63, 3.8) is 0 Å². The molecule has 6 N–H and O–H groups in total. The van der Waals surface area contributed by atoms with Crippen LogP contribution in [0.4, 0.5) is 11.9 Å². The summed E-state index contributed by atoms with van der Waals surface area (Å²) in [5.74, 6) is -2.88. The van der Waals surface area contributed by atoms with Crippen molar-refractivity contribution in [1.82, 2.24) is 48.5 Å². The first-order valence-corrected chi connectivity index (χ1v) is 22.0. The SMILES string of the molecule is CCn1cc(C(=O)Nc2nc3cc(C(N)=O)cc(OCCCN(C)C(=O)CCN4C(=O)C=CC4=O)c3n2C/C=C/Cn2c(NC(=O)c3cc(C)nn3CC)nc3cc(C(N)=O)cc(OC)c32)c(C)n1. The average Bonchev–Trinajstić information content (AvgIpc) is 4.14. The lowest BCUT2D eigenvalue weighted by atomic mass is 10.1. The third-order valence-corrected chi connectivity index (χ3v) is 11.3. The number of aromatic nitrogens is 8. The third kappa shape index (κ3) is 10.4.